The van der Waals surface area contributed by atoms with Gasteiger partial charge in [-0.1, -0.05) is 5.92 Å². The Hall–Kier alpha value is -3.40. The van der Waals surface area contributed by atoms with Gasteiger partial charge in [-0.3, -0.25) is 4.79 Å². The number of benzene rings is 1. The Bertz CT molecular complexity index is 927. The van der Waals surface area contributed by atoms with E-state index in [4.69, 9.17) is 6.42 Å². The molecule has 7 heteroatoms. The Labute approximate surface area is 143 Å². The van der Waals surface area contributed by atoms with E-state index in [-0.39, 0.29) is 18.3 Å². The zero-order chi connectivity index (χ0) is 17.6. The van der Waals surface area contributed by atoms with Crippen LogP contribution in [0.3, 0.4) is 0 Å². The van der Waals surface area contributed by atoms with Gasteiger partial charge in [-0.2, -0.15) is 0 Å². The SMILES string of the molecule is C#CCNC(=O)c1ccc(NCCc2nc3ccc(F)cc3[nH]2)nc1. The summed E-state index contributed by atoms with van der Waals surface area (Å²) < 4.78 is 13.2. The Morgan fingerprint density at radius 1 is 1.32 bits per heavy atom. The summed E-state index contributed by atoms with van der Waals surface area (Å²) in [5, 5.41) is 5.72. The quantitative estimate of drug-likeness (QED) is 0.602. The Kier molecular flexibility index (Phi) is 4.90. The van der Waals surface area contributed by atoms with Gasteiger partial charge >= 0.3 is 0 Å². The highest BCUT2D eigenvalue weighted by molar-refractivity contribution is 5.94. The number of aromatic amines is 1. The minimum absolute atomic E-state index is 0.181. The van der Waals surface area contributed by atoms with Crippen molar-refractivity contribution in [3.63, 3.8) is 0 Å². The number of nitrogens with zero attached hydrogens (tertiary/aromatic N) is 2. The standard InChI is InChI=1S/C18H16FN5O/c1-2-8-21-18(25)12-3-6-16(22-11-12)20-9-7-17-23-14-5-4-13(19)10-15(14)24-17/h1,3-6,10-11H,7-9H2,(H,20,22)(H,21,25)(H,23,24). The summed E-state index contributed by atoms with van der Waals surface area (Å²) in [7, 11) is 0. The van der Waals surface area contributed by atoms with Crippen molar-refractivity contribution in [3.05, 3.63) is 53.7 Å². The van der Waals surface area contributed by atoms with Crippen LogP contribution in [0.5, 0.6) is 0 Å². The number of nitrogens with one attached hydrogen (secondary N) is 3. The van der Waals surface area contributed by atoms with Crippen LogP contribution in [-0.2, 0) is 6.42 Å². The third-order valence-corrected chi connectivity index (χ3v) is 3.54. The summed E-state index contributed by atoms with van der Waals surface area (Å²) in [4.78, 5) is 23.4. The molecule has 6 nitrogen and oxygen atoms in total. The molecule has 3 rings (SSSR count). The molecule has 0 fully saturated rings. The summed E-state index contributed by atoms with van der Waals surface area (Å²) in [5.41, 5.74) is 1.85. The average molecular weight is 337 g/mol. The van der Waals surface area contributed by atoms with Gasteiger partial charge in [0.2, 0.25) is 0 Å². The van der Waals surface area contributed by atoms with Gasteiger partial charge in [-0.15, -0.1) is 6.42 Å². The highest BCUT2D eigenvalue weighted by Gasteiger charge is 2.06. The number of H-pyrrole nitrogens is 1. The van der Waals surface area contributed by atoms with Gasteiger partial charge in [0.15, 0.2) is 0 Å². The van der Waals surface area contributed by atoms with Crippen molar-refractivity contribution in [3.8, 4) is 12.3 Å². The lowest BCUT2D eigenvalue weighted by molar-refractivity contribution is 0.0958. The molecule has 2 heterocycles. The van der Waals surface area contributed by atoms with E-state index in [1.54, 1.807) is 18.2 Å². The van der Waals surface area contributed by atoms with Crippen molar-refractivity contribution in [1.82, 2.24) is 20.3 Å². The first-order valence-electron chi connectivity index (χ1n) is 7.71. The third-order valence-electron chi connectivity index (χ3n) is 3.54. The molecule has 25 heavy (non-hydrogen) atoms. The van der Waals surface area contributed by atoms with Gasteiger partial charge in [-0.05, 0) is 30.3 Å². The van der Waals surface area contributed by atoms with Crippen LogP contribution in [-0.4, -0.2) is 33.9 Å². The van der Waals surface area contributed by atoms with Gasteiger partial charge in [0.25, 0.3) is 5.91 Å². The number of imidazole rings is 1. The fourth-order valence-electron chi connectivity index (χ4n) is 2.33. The van der Waals surface area contributed by atoms with Crippen molar-refractivity contribution in [2.24, 2.45) is 0 Å². The molecule has 3 aromatic rings. The number of halogens is 1. The summed E-state index contributed by atoms with van der Waals surface area (Å²) in [5.74, 6) is 3.20. The molecule has 0 saturated heterocycles. The Morgan fingerprint density at radius 3 is 2.96 bits per heavy atom. The molecule has 0 saturated carbocycles. The smallest absolute Gasteiger partial charge is 0.253 e. The number of anilines is 1. The number of carbonyl (C=O) groups is 1. The molecule has 3 N–H and O–H groups in total. The third kappa shape index (κ3) is 4.12. The summed E-state index contributed by atoms with van der Waals surface area (Å²) in [6.45, 7) is 0.776. The topological polar surface area (TPSA) is 82.7 Å². The second kappa shape index (κ2) is 7.45. The molecule has 2 aromatic heterocycles. The van der Waals surface area contributed by atoms with Crippen molar-refractivity contribution >= 4 is 22.8 Å². The molecule has 0 unspecified atom stereocenters. The van der Waals surface area contributed by atoms with Gasteiger partial charge in [-0.25, -0.2) is 14.4 Å². The number of pyridine rings is 1. The van der Waals surface area contributed by atoms with Gasteiger partial charge in [0.05, 0.1) is 23.1 Å². The zero-order valence-electron chi connectivity index (χ0n) is 13.3. The van der Waals surface area contributed by atoms with E-state index in [0.29, 0.717) is 29.9 Å². The van der Waals surface area contributed by atoms with Gasteiger partial charge < -0.3 is 15.6 Å². The normalized spacial score (nSPS) is 10.4. The highest BCUT2D eigenvalue weighted by atomic mass is 19.1. The van der Waals surface area contributed by atoms with Crippen LogP contribution < -0.4 is 10.6 Å². The highest BCUT2D eigenvalue weighted by Crippen LogP contribution is 2.13. The minimum Gasteiger partial charge on any atom is -0.370 e. The van der Waals surface area contributed by atoms with E-state index in [1.165, 1.54) is 18.3 Å². The molecule has 126 valence electrons. The van der Waals surface area contributed by atoms with Crippen LogP contribution in [0.4, 0.5) is 10.2 Å². The minimum atomic E-state index is -0.295. The molecular formula is C18H16FN5O. The number of terminal acetylenes is 1. The van der Waals surface area contributed by atoms with Crippen molar-refractivity contribution in [2.45, 2.75) is 6.42 Å². The first-order valence-corrected chi connectivity index (χ1v) is 7.71. The molecule has 1 amide bonds. The first-order chi connectivity index (χ1) is 12.2. The predicted octanol–water partition coefficient (Wildman–Crippen LogP) is 2.11. The van der Waals surface area contributed by atoms with Crippen LogP contribution in [0.25, 0.3) is 11.0 Å². The van der Waals surface area contributed by atoms with Crippen LogP contribution in [0.1, 0.15) is 16.2 Å². The van der Waals surface area contributed by atoms with E-state index >= 15 is 0 Å². The molecule has 0 aliphatic rings. The summed E-state index contributed by atoms with van der Waals surface area (Å²) >= 11 is 0. The van der Waals surface area contributed by atoms with Gasteiger partial charge in [0.1, 0.15) is 17.5 Å². The number of rotatable bonds is 6. The lowest BCUT2D eigenvalue weighted by atomic mass is 10.2. The van der Waals surface area contributed by atoms with E-state index < -0.39 is 0 Å². The lowest BCUT2D eigenvalue weighted by Gasteiger charge is -2.05. The average Bonchev–Trinajstić information content (AvgIpc) is 3.02. The maximum Gasteiger partial charge on any atom is 0.253 e. The molecular weight excluding hydrogens is 321 g/mol. The monoisotopic (exact) mass is 337 g/mol. The molecule has 0 aliphatic carbocycles. The largest absolute Gasteiger partial charge is 0.370 e. The zero-order valence-corrected chi connectivity index (χ0v) is 13.3. The van der Waals surface area contributed by atoms with Gasteiger partial charge in [0, 0.05) is 19.2 Å². The molecule has 0 atom stereocenters. The number of fused-ring (bicyclic) bond motifs is 1. The maximum atomic E-state index is 13.2. The van der Waals surface area contributed by atoms with E-state index in [0.717, 1.165) is 11.3 Å². The fraction of sp³-hybridized carbons (Fsp3) is 0.167. The molecule has 0 bridgehead atoms. The van der Waals surface area contributed by atoms with E-state index in [1.807, 2.05) is 0 Å². The second-order valence-electron chi connectivity index (χ2n) is 5.34. The molecule has 1 aromatic carbocycles. The molecule has 0 spiro atoms. The maximum absolute atomic E-state index is 13.2. The van der Waals surface area contributed by atoms with Crippen LogP contribution in [0.15, 0.2) is 36.5 Å². The van der Waals surface area contributed by atoms with Crippen molar-refractivity contribution in [2.75, 3.05) is 18.4 Å². The number of hydrogen-bond donors (Lipinski definition) is 3. The predicted molar refractivity (Wildman–Crippen MR) is 93.6 cm³/mol. The second-order valence-corrected chi connectivity index (χ2v) is 5.34. The van der Waals surface area contributed by atoms with Crippen LogP contribution in [0, 0.1) is 18.2 Å². The number of carbonyl (C=O) groups excluding carboxylic acids is 1. The van der Waals surface area contributed by atoms with Crippen molar-refractivity contribution in [1.29, 1.82) is 0 Å². The summed E-state index contributed by atoms with van der Waals surface area (Å²) in [6.07, 6.45) is 7.21. The van der Waals surface area contributed by atoms with Crippen molar-refractivity contribution < 1.29 is 9.18 Å². The lowest BCUT2D eigenvalue weighted by Crippen LogP contribution is -2.23. The Balaban J connectivity index is 1.54. The first kappa shape index (κ1) is 16.5. The van der Waals surface area contributed by atoms with E-state index in [2.05, 4.69) is 31.5 Å². The fourth-order valence-corrected chi connectivity index (χ4v) is 2.33. The van der Waals surface area contributed by atoms with Crippen LogP contribution >= 0.6 is 0 Å². The number of aromatic nitrogens is 3. The number of amides is 1. The Morgan fingerprint density at radius 2 is 2.20 bits per heavy atom. The summed E-state index contributed by atoms with van der Waals surface area (Å²) in [6, 6.07) is 7.84. The molecule has 0 aliphatic heterocycles. The van der Waals surface area contributed by atoms with Crippen LogP contribution in [0.2, 0.25) is 0 Å². The van der Waals surface area contributed by atoms with E-state index in [9.17, 15) is 9.18 Å². The molecule has 0 radical (unpaired) electrons. The number of hydrogen-bond acceptors (Lipinski definition) is 4.